The lowest BCUT2D eigenvalue weighted by Crippen LogP contribution is -2.25. The van der Waals surface area contributed by atoms with E-state index in [-0.39, 0.29) is 36.5 Å². The van der Waals surface area contributed by atoms with Crippen molar-refractivity contribution >= 4 is 16.0 Å². The molecule has 0 radical (unpaired) electrons. The third-order valence-corrected chi connectivity index (χ3v) is 3.98. The lowest BCUT2D eigenvalue weighted by Gasteiger charge is -2.07. The highest BCUT2D eigenvalue weighted by Gasteiger charge is 2.16. The minimum atomic E-state index is -3.84. The van der Waals surface area contributed by atoms with Crippen molar-refractivity contribution in [2.45, 2.75) is 24.7 Å². The van der Waals surface area contributed by atoms with Crippen LogP contribution in [0.4, 0.5) is 4.39 Å². The van der Waals surface area contributed by atoms with Gasteiger partial charge in [-0.1, -0.05) is 0 Å². The van der Waals surface area contributed by atoms with E-state index in [4.69, 9.17) is 10.00 Å². The molecule has 0 saturated carbocycles. The van der Waals surface area contributed by atoms with Crippen LogP contribution >= 0.6 is 0 Å². The number of nitrogens with one attached hydrogen (secondary N) is 1. The maximum Gasteiger partial charge on any atom is 0.305 e. The number of halogens is 1. The Morgan fingerprint density at radius 3 is 2.81 bits per heavy atom. The maximum atomic E-state index is 13.1. The molecule has 1 rings (SSSR count). The number of nitrogens with zero attached hydrogens (tertiary/aromatic N) is 1. The van der Waals surface area contributed by atoms with Gasteiger partial charge in [-0.3, -0.25) is 4.79 Å². The van der Waals surface area contributed by atoms with Crippen LogP contribution in [-0.4, -0.2) is 27.5 Å². The molecular weight excluding hydrogens is 299 g/mol. The van der Waals surface area contributed by atoms with E-state index in [1.807, 2.05) is 0 Å². The van der Waals surface area contributed by atoms with Crippen LogP contribution in [0.3, 0.4) is 0 Å². The van der Waals surface area contributed by atoms with Crippen molar-refractivity contribution in [1.82, 2.24) is 4.72 Å². The van der Waals surface area contributed by atoms with Crippen LogP contribution in [0.15, 0.2) is 23.1 Å². The zero-order chi connectivity index (χ0) is 15.9. The fourth-order valence-corrected chi connectivity index (χ4v) is 2.61. The lowest BCUT2D eigenvalue weighted by molar-refractivity contribution is -0.143. The second kappa shape index (κ2) is 7.71. The Morgan fingerprint density at radius 2 is 2.19 bits per heavy atom. The van der Waals surface area contributed by atoms with Crippen LogP contribution in [-0.2, 0) is 19.6 Å². The minimum absolute atomic E-state index is 0.0421. The van der Waals surface area contributed by atoms with Gasteiger partial charge in [0.15, 0.2) is 0 Å². The average molecular weight is 314 g/mol. The second-order valence-electron chi connectivity index (χ2n) is 4.06. The Bertz CT molecular complexity index is 653. The molecule has 1 aromatic rings. The number of carbonyl (C=O) groups excluding carboxylic acids is 1. The first-order valence-corrected chi connectivity index (χ1v) is 7.74. The molecule has 0 unspecified atom stereocenters. The van der Waals surface area contributed by atoms with E-state index in [9.17, 15) is 17.6 Å². The van der Waals surface area contributed by atoms with Gasteiger partial charge in [0.25, 0.3) is 0 Å². The van der Waals surface area contributed by atoms with E-state index in [2.05, 4.69) is 4.72 Å². The van der Waals surface area contributed by atoms with Crippen molar-refractivity contribution in [1.29, 1.82) is 5.26 Å². The van der Waals surface area contributed by atoms with Gasteiger partial charge in [-0.15, -0.1) is 0 Å². The molecule has 0 aromatic heterocycles. The lowest BCUT2D eigenvalue weighted by atomic mass is 10.2. The zero-order valence-electron chi connectivity index (χ0n) is 11.4. The van der Waals surface area contributed by atoms with Gasteiger partial charge in [-0.2, -0.15) is 5.26 Å². The van der Waals surface area contributed by atoms with Crippen molar-refractivity contribution in [2.75, 3.05) is 13.2 Å². The summed E-state index contributed by atoms with van der Waals surface area (Å²) in [5.41, 5.74) is -0.343. The molecule has 6 nitrogen and oxygen atoms in total. The number of rotatable bonds is 7. The molecule has 0 aliphatic heterocycles. The molecule has 1 N–H and O–H groups in total. The van der Waals surface area contributed by atoms with E-state index < -0.39 is 21.8 Å². The molecule has 0 bridgehead atoms. The number of sulfonamides is 1. The van der Waals surface area contributed by atoms with Crippen LogP contribution < -0.4 is 4.72 Å². The van der Waals surface area contributed by atoms with Crippen molar-refractivity contribution < 1.29 is 22.3 Å². The van der Waals surface area contributed by atoms with Crippen LogP contribution in [0.2, 0.25) is 0 Å². The number of hydrogen-bond donors (Lipinski definition) is 1. The minimum Gasteiger partial charge on any atom is -0.466 e. The first-order valence-electron chi connectivity index (χ1n) is 6.25. The zero-order valence-corrected chi connectivity index (χ0v) is 12.2. The largest absolute Gasteiger partial charge is 0.466 e. The van der Waals surface area contributed by atoms with E-state index in [1.54, 1.807) is 13.0 Å². The summed E-state index contributed by atoms with van der Waals surface area (Å²) in [6.07, 6.45) is 0.383. The molecule has 8 heteroatoms. The monoisotopic (exact) mass is 314 g/mol. The van der Waals surface area contributed by atoms with Gasteiger partial charge in [0, 0.05) is 13.0 Å². The van der Waals surface area contributed by atoms with Crippen molar-refractivity contribution in [3.63, 3.8) is 0 Å². The topological polar surface area (TPSA) is 96.3 Å². The highest BCUT2D eigenvalue weighted by molar-refractivity contribution is 7.89. The molecule has 0 aliphatic carbocycles. The van der Waals surface area contributed by atoms with Gasteiger partial charge >= 0.3 is 5.97 Å². The predicted octanol–water partition coefficient (Wildman–Crippen LogP) is 1.32. The standard InChI is InChI=1S/C13H15FN2O4S/c1-2-20-13(17)4-3-7-16-21(18,19)11-5-6-12(14)10(8-11)9-15/h5-6,8,16H,2-4,7H2,1H3. The Morgan fingerprint density at radius 1 is 1.48 bits per heavy atom. The first-order chi connectivity index (χ1) is 9.90. The van der Waals surface area contributed by atoms with Gasteiger partial charge in [0.1, 0.15) is 11.9 Å². The Hall–Kier alpha value is -1.98. The van der Waals surface area contributed by atoms with Crippen LogP contribution in [0.5, 0.6) is 0 Å². The Labute approximate surface area is 122 Å². The molecule has 0 heterocycles. The van der Waals surface area contributed by atoms with Gasteiger partial charge in [-0.25, -0.2) is 17.5 Å². The summed E-state index contributed by atoms with van der Waals surface area (Å²) >= 11 is 0. The molecule has 21 heavy (non-hydrogen) atoms. The molecule has 0 spiro atoms. The highest BCUT2D eigenvalue weighted by atomic mass is 32.2. The van der Waals surface area contributed by atoms with E-state index in [0.717, 1.165) is 18.2 Å². The summed E-state index contributed by atoms with van der Waals surface area (Å²) in [6.45, 7) is 2.00. The van der Waals surface area contributed by atoms with E-state index in [1.165, 1.54) is 0 Å². The molecule has 0 saturated heterocycles. The van der Waals surface area contributed by atoms with Crippen LogP contribution in [0.25, 0.3) is 0 Å². The summed E-state index contributed by atoms with van der Waals surface area (Å²) in [7, 11) is -3.84. The van der Waals surface area contributed by atoms with Crippen molar-refractivity contribution in [3.05, 3.63) is 29.6 Å². The molecule has 0 fully saturated rings. The number of benzene rings is 1. The average Bonchev–Trinajstić information content (AvgIpc) is 2.44. The SMILES string of the molecule is CCOC(=O)CCCNS(=O)(=O)c1ccc(F)c(C#N)c1. The van der Waals surface area contributed by atoms with Gasteiger partial charge in [-0.05, 0) is 31.5 Å². The number of carbonyl (C=O) groups is 1. The fraction of sp³-hybridized carbons (Fsp3) is 0.385. The molecule has 114 valence electrons. The van der Waals surface area contributed by atoms with Gasteiger partial charge in [0.05, 0.1) is 17.1 Å². The van der Waals surface area contributed by atoms with Crippen LogP contribution in [0.1, 0.15) is 25.3 Å². The molecule has 0 atom stereocenters. The molecule has 0 aliphatic rings. The quantitative estimate of drug-likeness (QED) is 0.605. The summed E-state index contributed by atoms with van der Waals surface area (Å²) in [5.74, 6) is -1.18. The van der Waals surface area contributed by atoms with Crippen molar-refractivity contribution in [2.24, 2.45) is 0 Å². The normalized spacial score (nSPS) is 10.9. The maximum absolute atomic E-state index is 13.1. The summed E-state index contributed by atoms with van der Waals surface area (Å²) in [6, 6.07) is 4.53. The molecule has 1 aromatic carbocycles. The summed E-state index contributed by atoms with van der Waals surface area (Å²) < 4.78 is 44.0. The third-order valence-electron chi connectivity index (χ3n) is 2.52. The number of ether oxygens (including phenoxy) is 1. The van der Waals surface area contributed by atoms with Gasteiger partial charge < -0.3 is 4.74 Å². The van der Waals surface area contributed by atoms with Crippen LogP contribution in [0, 0.1) is 17.1 Å². The fourth-order valence-electron chi connectivity index (χ4n) is 1.51. The van der Waals surface area contributed by atoms with Crippen molar-refractivity contribution in [3.8, 4) is 6.07 Å². The Balaban J connectivity index is 2.62. The smallest absolute Gasteiger partial charge is 0.305 e. The van der Waals surface area contributed by atoms with Gasteiger partial charge in [0.2, 0.25) is 10.0 Å². The molecule has 0 amide bonds. The summed E-state index contributed by atoms with van der Waals surface area (Å²) in [5, 5.41) is 8.68. The number of hydrogen-bond acceptors (Lipinski definition) is 5. The summed E-state index contributed by atoms with van der Waals surface area (Å²) in [4.78, 5) is 10.9. The number of nitriles is 1. The predicted molar refractivity (Wildman–Crippen MR) is 72.2 cm³/mol. The Kier molecular flexibility index (Phi) is 6.27. The second-order valence-corrected chi connectivity index (χ2v) is 5.83. The van der Waals surface area contributed by atoms with E-state index >= 15 is 0 Å². The molecular formula is C13H15FN2O4S. The van der Waals surface area contributed by atoms with E-state index in [0.29, 0.717) is 0 Å². The first kappa shape index (κ1) is 17.1. The number of esters is 1. The highest BCUT2D eigenvalue weighted by Crippen LogP contribution is 2.14. The third kappa shape index (κ3) is 5.13.